The molecule has 3 nitrogen and oxygen atoms in total. The molecule has 0 aliphatic carbocycles. The van der Waals surface area contributed by atoms with Gasteiger partial charge in [0.2, 0.25) is 0 Å². The Labute approximate surface area is 87.8 Å². The largest absolute Gasteiger partial charge is 0.468 e. The van der Waals surface area contributed by atoms with E-state index in [1.54, 1.807) is 0 Å². The number of benzene rings is 1. The lowest BCUT2D eigenvalue weighted by molar-refractivity contribution is -0.142. The zero-order valence-corrected chi connectivity index (χ0v) is 8.57. The van der Waals surface area contributed by atoms with Gasteiger partial charge in [-0.3, -0.25) is 4.79 Å². The third kappa shape index (κ3) is 2.47. The first kappa shape index (κ1) is 11.0. The van der Waals surface area contributed by atoms with Crippen LogP contribution in [-0.2, 0) is 9.53 Å². The number of nitrogens with two attached hydrogens (primary N) is 1. The van der Waals surface area contributed by atoms with Crippen molar-refractivity contribution in [2.45, 2.75) is 11.4 Å². The Morgan fingerprint density at radius 1 is 1.43 bits per heavy atom. The number of rotatable bonds is 3. The molecular weight excluding hydrogens is 202 g/mol. The Hall–Kier alpha value is -1.06. The molecule has 0 bridgehead atoms. The normalized spacial score (nSPS) is 14.5. The Morgan fingerprint density at radius 2 is 2.00 bits per heavy atom. The highest BCUT2D eigenvalue weighted by atomic mass is 35.5. The highest BCUT2D eigenvalue weighted by Crippen LogP contribution is 2.23. The van der Waals surface area contributed by atoms with E-state index in [2.05, 4.69) is 4.74 Å². The van der Waals surface area contributed by atoms with E-state index < -0.39 is 17.4 Å². The highest BCUT2D eigenvalue weighted by molar-refractivity contribution is 6.22. The number of alkyl halides is 1. The van der Waals surface area contributed by atoms with Crippen molar-refractivity contribution in [2.75, 3.05) is 7.11 Å². The molecular formula is C10H12ClNO2. The molecule has 0 aromatic heterocycles. The van der Waals surface area contributed by atoms with E-state index in [1.807, 2.05) is 30.3 Å². The molecule has 2 atom stereocenters. The molecule has 4 heteroatoms. The van der Waals surface area contributed by atoms with Crippen LogP contribution in [0.3, 0.4) is 0 Å². The predicted molar refractivity (Wildman–Crippen MR) is 55.0 cm³/mol. The lowest BCUT2D eigenvalue weighted by Gasteiger charge is -2.15. The van der Waals surface area contributed by atoms with Crippen LogP contribution >= 0.6 is 11.6 Å². The van der Waals surface area contributed by atoms with Gasteiger partial charge in [0.15, 0.2) is 0 Å². The van der Waals surface area contributed by atoms with Crippen LogP contribution < -0.4 is 5.73 Å². The summed E-state index contributed by atoms with van der Waals surface area (Å²) < 4.78 is 4.51. The van der Waals surface area contributed by atoms with Crippen molar-refractivity contribution in [1.29, 1.82) is 0 Å². The van der Waals surface area contributed by atoms with Crippen molar-refractivity contribution in [2.24, 2.45) is 5.73 Å². The Kier molecular flexibility index (Phi) is 3.92. The molecule has 0 unspecified atom stereocenters. The fourth-order valence-corrected chi connectivity index (χ4v) is 1.35. The summed E-state index contributed by atoms with van der Waals surface area (Å²) in [5, 5.41) is -0.552. The minimum absolute atomic E-state index is 0.506. The number of methoxy groups -OCH3 is 1. The van der Waals surface area contributed by atoms with E-state index in [9.17, 15) is 4.79 Å². The quantitative estimate of drug-likeness (QED) is 0.611. The Bertz CT molecular complexity index is 302. The maximum absolute atomic E-state index is 11.1. The highest BCUT2D eigenvalue weighted by Gasteiger charge is 2.24. The smallest absolute Gasteiger partial charge is 0.324 e. The molecule has 0 aliphatic rings. The number of ether oxygens (including phenoxy) is 1. The summed E-state index contributed by atoms with van der Waals surface area (Å²) in [6.07, 6.45) is 0. The maximum Gasteiger partial charge on any atom is 0.324 e. The van der Waals surface area contributed by atoms with Crippen LogP contribution in [-0.4, -0.2) is 19.1 Å². The van der Waals surface area contributed by atoms with Gasteiger partial charge in [-0.15, -0.1) is 11.6 Å². The predicted octanol–water partition coefficient (Wildman–Crippen LogP) is 1.47. The summed E-state index contributed by atoms with van der Waals surface area (Å²) in [6, 6.07) is 8.37. The van der Waals surface area contributed by atoms with Crippen LogP contribution in [0.15, 0.2) is 30.3 Å². The van der Waals surface area contributed by atoms with Crippen molar-refractivity contribution in [1.82, 2.24) is 0 Å². The third-order valence-electron chi connectivity index (χ3n) is 1.91. The van der Waals surface area contributed by atoms with Gasteiger partial charge in [-0.25, -0.2) is 0 Å². The van der Waals surface area contributed by atoms with Crippen LogP contribution in [0.5, 0.6) is 0 Å². The topological polar surface area (TPSA) is 52.3 Å². The summed E-state index contributed by atoms with van der Waals surface area (Å²) in [4.78, 5) is 11.1. The molecule has 0 fully saturated rings. The van der Waals surface area contributed by atoms with E-state index in [1.165, 1.54) is 7.11 Å². The van der Waals surface area contributed by atoms with Crippen LogP contribution in [0.4, 0.5) is 0 Å². The number of carbonyl (C=O) groups is 1. The van der Waals surface area contributed by atoms with E-state index in [0.717, 1.165) is 5.56 Å². The van der Waals surface area contributed by atoms with Crippen LogP contribution in [0.25, 0.3) is 0 Å². The average molecular weight is 214 g/mol. The van der Waals surface area contributed by atoms with Gasteiger partial charge < -0.3 is 10.5 Å². The lowest BCUT2D eigenvalue weighted by Crippen LogP contribution is -2.35. The van der Waals surface area contributed by atoms with Crippen LogP contribution in [0.2, 0.25) is 0 Å². The van der Waals surface area contributed by atoms with E-state index in [4.69, 9.17) is 17.3 Å². The van der Waals surface area contributed by atoms with Crippen molar-refractivity contribution in [3.8, 4) is 0 Å². The molecule has 1 aromatic carbocycles. The monoisotopic (exact) mass is 213 g/mol. The number of carbonyl (C=O) groups excluding carboxylic acids is 1. The molecule has 1 aromatic rings. The minimum Gasteiger partial charge on any atom is -0.468 e. The SMILES string of the molecule is COC(=O)[C@H](N)[C@H](Cl)c1ccccc1. The van der Waals surface area contributed by atoms with Gasteiger partial charge in [-0.1, -0.05) is 30.3 Å². The minimum atomic E-state index is -0.830. The second-order valence-corrected chi connectivity index (χ2v) is 3.33. The number of hydrogen-bond donors (Lipinski definition) is 1. The molecule has 0 saturated carbocycles. The first-order valence-electron chi connectivity index (χ1n) is 4.19. The van der Waals surface area contributed by atoms with Gasteiger partial charge in [-0.05, 0) is 5.56 Å². The van der Waals surface area contributed by atoms with E-state index >= 15 is 0 Å². The van der Waals surface area contributed by atoms with Gasteiger partial charge in [-0.2, -0.15) is 0 Å². The maximum atomic E-state index is 11.1. The van der Waals surface area contributed by atoms with Gasteiger partial charge in [0.25, 0.3) is 0 Å². The zero-order valence-electron chi connectivity index (χ0n) is 7.81. The van der Waals surface area contributed by atoms with Gasteiger partial charge in [0, 0.05) is 0 Å². The standard InChI is InChI=1S/C10H12ClNO2/c1-14-10(13)9(12)8(11)7-5-3-2-4-6-7/h2-6,8-9H,12H2,1H3/t8-,9-/m1/s1. The fourth-order valence-electron chi connectivity index (χ4n) is 1.10. The molecule has 0 heterocycles. The Balaban J connectivity index is 2.75. The van der Waals surface area contributed by atoms with E-state index in [-0.39, 0.29) is 0 Å². The average Bonchev–Trinajstić information content (AvgIpc) is 2.27. The molecule has 0 saturated heterocycles. The molecule has 0 spiro atoms. The van der Waals surface area contributed by atoms with Crippen molar-refractivity contribution in [3.63, 3.8) is 0 Å². The molecule has 0 radical (unpaired) electrons. The molecule has 14 heavy (non-hydrogen) atoms. The molecule has 0 aliphatic heterocycles. The molecule has 2 N–H and O–H groups in total. The van der Waals surface area contributed by atoms with Crippen LogP contribution in [0.1, 0.15) is 10.9 Å². The van der Waals surface area contributed by atoms with Crippen molar-refractivity contribution < 1.29 is 9.53 Å². The van der Waals surface area contributed by atoms with E-state index in [0.29, 0.717) is 0 Å². The summed E-state index contributed by atoms with van der Waals surface area (Å²) >= 11 is 6.00. The number of esters is 1. The first-order chi connectivity index (χ1) is 6.66. The molecule has 1 rings (SSSR count). The first-order valence-corrected chi connectivity index (χ1v) is 4.63. The van der Waals surface area contributed by atoms with Crippen LogP contribution in [0, 0.1) is 0 Å². The number of halogens is 1. The molecule has 76 valence electrons. The fraction of sp³-hybridized carbons (Fsp3) is 0.300. The summed E-state index contributed by atoms with van der Waals surface area (Å²) in [5.74, 6) is -0.506. The summed E-state index contributed by atoms with van der Waals surface area (Å²) in [7, 11) is 1.29. The van der Waals surface area contributed by atoms with Gasteiger partial charge in [0.1, 0.15) is 6.04 Å². The summed E-state index contributed by atoms with van der Waals surface area (Å²) in [5.41, 5.74) is 6.41. The second kappa shape index (κ2) is 4.98. The third-order valence-corrected chi connectivity index (χ3v) is 2.43. The summed E-state index contributed by atoms with van der Waals surface area (Å²) in [6.45, 7) is 0. The lowest BCUT2D eigenvalue weighted by atomic mass is 10.1. The van der Waals surface area contributed by atoms with Crippen molar-refractivity contribution in [3.05, 3.63) is 35.9 Å². The van der Waals surface area contributed by atoms with Gasteiger partial charge in [0.05, 0.1) is 12.5 Å². The molecule has 0 amide bonds. The number of hydrogen-bond acceptors (Lipinski definition) is 3. The zero-order chi connectivity index (χ0) is 10.6. The van der Waals surface area contributed by atoms with Gasteiger partial charge >= 0.3 is 5.97 Å². The van der Waals surface area contributed by atoms with Crippen molar-refractivity contribution >= 4 is 17.6 Å². The second-order valence-electron chi connectivity index (χ2n) is 2.86. The Morgan fingerprint density at radius 3 is 2.50 bits per heavy atom.